The molecular formula is C23H20ClCu2N6OS2. The molecule has 0 amide bonds. The van der Waals surface area contributed by atoms with Crippen LogP contribution in [0.15, 0.2) is 111 Å². The Morgan fingerprint density at radius 1 is 0.914 bits per heavy atom. The fourth-order valence-electron chi connectivity index (χ4n) is 2.66. The summed E-state index contributed by atoms with van der Waals surface area (Å²) in [5.41, 5.74) is 11.4. The van der Waals surface area contributed by atoms with Crippen LogP contribution in [0.1, 0.15) is 6.92 Å². The third-order valence-electron chi connectivity index (χ3n) is 4.04. The number of hydrogen-bond acceptors (Lipinski definition) is 7. The summed E-state index contributed by atoms with van der Waals surface area (Å²) in [7, 11) is 4.20. The number of allylic oxidation sites excluding steroid dienone is 5. The van der Waals surface area contributed by atoms with Gasteiger partial charge in [-0.2, -0.15) is 5.10 Å². The second-order valence-corrected chi connectivity index (χ2v) is 7.33. The van der Waals surface area contributed by atoms with E-state index < -0.39 is 0 Å². The standard InChI is InChI=1S/C23H22N6OS2.ClH.2Cu/c1-16-12-17(14-24-28-22(31)26-19-8-4-2-5-9-19)21(30)18(13-16)15-25-29-23(32)27-20-10-6-3-7-11-20;;;/h2-15,24H,1H3,(H2,26,28,31)(H2,27,29,32);1H;;/q;;+1;+2/p-3/b17-14-,25-15-;;;. The molecule has 7 nitrogen and oxygen atoms in total. The van der Waals surface area contributed by atoms with E-state index in [0.717, 1.165) is 11.3 Å². The van der Waals surface area contributed by atoms with Crippen LogP contribution in [0.2, 0.25) is 0 Å². The molecule has 0 fully saturated rings. The van der Waals surface area contributed by atoms with Crippen molar-refractivity contribution in [1.29, 1.82) is 0 Å². The van der Waals surface area contributed by atoms with Gasteiger partial charge in [-0.1, -0.05) is 36.4 Å². The number of rotatable bonds is 6. The van der Waals surface area contributed by atoms with E-state index in [1.807, 2.05) is 67.6 Å². The topological polar surface area (TPSA) is 90.2 Å². The van der Waals surface area contributed by atoms with Gasteiger partial charge in [0.25, 0.3) is 0 Å². The van der Waals surface area contributed by atoms with Crippen molar-refractivity contribution in [2.45, 2.75) is 6.92 Å². The van der Waals surface area contributed by atoms with Crippen molar-refractivity contribution in [3.8, 4) is 0 Å². The smallest absolute Gasteiger partial charge is 1.00 e. The Hall–Kier alpha value is -2.49. The first kappa shape index (κ1) is 30.5. The summed E-state index contributed by atoms with van der Waals surface area (Å²) >= 11 is 14.0. The number of amidine groups is 2. The minimum atomic E-state index is -0.202. The summed E-state index contributed by atoms with van der Waals surface area (Å²) in [6.45, 7) is 1.89. The number of halogens is 1. The van der Waals surface area contributed by atoms with E-state index >= 15 is 0 Å². The monoisotopic (exact) mass is 621 g/mol. The summed E-state index contributed by atoms with van der Waals surface area (Å²) in [4.78, 5) is 21.2. The summed E-state index contributed by atoms with van der Waals surface area (Å²) in [6, 6.07) is 18.6. The molecule has 2 aromatic carbocycles. The van der Waals surface area contributed by atoms with Crippen molar-refractivity contribution < 1.29 is 37.0 Å². The predicted octanol–water partition coefficient (Wildman–Crippen LogP) is 4.15. The zero-order valence-electron chi connectivity index (χ0n) is 18.1. The molecule has 35 heavy (non-hydrogen) atoms. The van der Waals surface area contributed by atoms with Crippen LogP contribution in [0.25, 0.3) is 0 Å². The van der Waals surface area contributed by atoms with Gasteiger partial charge in [0.15, 0.2) is 5.78 Å². The maximum atomic E-state index is 12.7. The number of Topliss-reactive ketones (excluding diaryl/α,β-unsaturated/α-hetero) is 1. The van der Waals surface area contributed by atoms with E-state index in [0.29, 0.717) is 16.8 Å². The number of nitrogens with one attached hydrogen (secondary N) is 3. The molecule has 0 bridgehead atoms. The number of ketones is 1. The van der Waals surface area contributed by atoms with E-state index in [4.69, 9.17) is 25.3 Å². The molecule has 189 valence electrons. The molecule has 3 rings (SSSR count). The second kappa shape index (κ2) is 17.0. The molecule has 0 aromatic heterocycles. The number of benzene rings is 2. The molecule has 0 atom stereocenters. The van der Waals surface area contributed by atoms with Crippen LogP contribution in [0.3, 0.4) is 0 Å². The number of para-hydroxylation sites is 2. The van der Waals surface area contributed by atoms with Gasteiger partial charge in [-0.25, -0.2) is 0 Å². The van der Waals surface area contributed by atoms with Gasteiger partial charge in [0.05, 0.1) is 17.6 Å². The van der Waals surface area contributed by atoms with Crippen LogP contribution in [0, 0.1) is 0 Å². The van der Waals surface area contributed by atoms with Gasteiger partial charge >= 0.3 is 42.3 Å². The van der Waals surface area contributed by atoms with Crippen molar-refractivity contribution >= 4 is 69.1 Å². The van der Waals surface area contributed by atoms with E-state index in [2.05, 4.69) is 56.6 Å². The first-order chi connectivity index (χ1) is 16.5. The van der Waals surface area contributed by atoms with Crippen molar-refractivity contribution in [3.05, 3.63) is 95.7 Å². The summed E-state index contributed by atoms with van der Waals surface area (Å²) < 4.78 is 0. The first-order valence-electron chi connectivity index (χ1n) is 9.69. The van der Waals surface area contributed by atoms with Gasteiger partial charge in [-0.3, -0.25) is 20.2 Å². The SMILES string of the molecule is CC1=C/C(=C/NNC([S-])=Nc2ccccc2)C(=O)C(/C=N\NC([S-])=Nc2ccccc2)=C1.[Cl][Cu+].[Cu+]. The van der Waals surface area contributed by atoms with Gasteiger partial charge in [-0.15, -0.1) is 0 Å². The Bertz CT molecular complexity index is 1150. The molecule has 0 radical (unpaired) electrons. The molecule has 0 spiro atoms. The molecular weight excluding hydrogens is 603 g/mol. The Morgan fingerprint density at radius 2 is 1.46 bits per heavy atom. The predicted molar refractivity (Wildman–Crippen MR) is 140 cm³/mol. The summed E-state index contributed by atoms with van der Waals surface area (Å²) in [5, 5.41) is 4.48. The fourth-order valence-corrected chi connectivity index (χ4v) is 2.98. The van der Waals surface area contributed by atoms with Gasteiger partial charge in [0, 0.05) is 22.5 Å². The van der Waals surface area contributed by atoms with Gasteiger partial charge in [0.1, 0.15) is 0 Å². The fraction of sp³-hybridized carbons (Fsp3) is 0.0435. The largest absolute Gasteiger partial charge is 1.00 e. The summed E-state index contributed by atoms with van der Waals surface area (Å²) in [6.07, 6.45) is 6.45. The number of carbonyl (C=O) groups is 1. The molecule has 1 aliphatic carbocycles. The minimum Gasteiger partial charge on any atom is 1.00 e. The van der Waals surface area contributed by atoms with E-state index in [9.17, 15) is 4.79 Å². The number of hydrazine groups is 1. The van der Waals surface area contributed by atoms with Gasteiger partial charge in [-0.05, 0) is 54.1 Å². The molecule has 0 saturated heterocycles. The Kier molecular flexibility index (Phi) is 14.9. The Labute approximate surface area is 238 Å². The molecule has 2 aromatic rings. The van der Waals surface area contributed by atoms with Crippen LogP contribution in [0.5, 0.6) is 0 Å². The molecule has 3 N–H and O–H groups in total. The maximum absolute atomic E-state index is 12.7. The van der Waals surface area contributed by atoms with E-state index in [1.165, 1.54) is 12.4 Å². The second-order valence-electron chi connectivity index (χ2n) is 6.56. The first-order valence-corrected chi connectivity index (χ1v) is 11.8. The van der Waals surface area contributed by atoms with E-state index in [1.54, 1.807) is 12.2 Å². The molecule has 0 unspecified atom stereocenters. The number of carbonyl (C=O) groups excluding carboxylic acids is 1. The maximum Gasteiger partial charge on any atom is 1.00 e. The van der Waals surface area contributed by atoms with Crippen LogP contribution < -0.4 is 16.3 Å². The van der Waals surface area contributed by atoms with Crippen molar-refractivity contribution in [3.63, 3.8) is 0 Å². The molecule has 0 saturated carbocycles. The quantitative estimate of drug-likeness (QED) is 0.112. The average Bonchev–Trinajstić information content (AvgIpc) is 2.84. The number of aliphatic imine (C=N–C) groups is 2. The van der Waals surface area contributed by atoms with Gasteiger partial charge in [0.2, 0.25) is 0 Å². The Balaban J connectivity index is 0.00000199. The molecule has 0 aliphatic heterocycles. The van der Waals surface area contributed by atoms with E-state index in [-0.39, 0.29) is 33.2 Å². The van der Waals surface area contributed by atoms with Crippen LogP contribution in [0.4, 0.5) is 11.4 Å². The van der Waals surface area contributed by atoms with Crippen molar-refractivity contribution in [2.24, 2.45) is 15.1 Å². The van der Waals surface area contributed by atoms with Crippen LogP contribution in [-0.4, -0.2) is 22.3 Å². The minimum absolute atomic E-state index is 0. The third-order valence-corrected chi connectivity index (χ3v) is 4.41. The molecule has 0 heterocycles. The third kappa shape index (κ3) is 11.2. The van der Waals surface area contributed by atoms with Crippen molar-refractivity contribution in [2.75, 3.05) is 0 Å². The molecule has 12 heteroatoms. The number of nitrogens with zero attached hydrogens (tertiary/aromatic N) is 3. The normalized spacial score (nSPS) is 14.9. The Morgan fingerprint density at radius 3 is 2.03 bits per heavy atom. The van der Waals surface area contributed by atoms with Crippen LogP contribution in [-0.2, 0) is 62.2 Å². The van der Waals surface area contributed by atoms with Gasteiger partial charge < -0.3 is 36.1 Å². The number of hydrazone groups is 1. The molecule has 1 aliphatic rings. The zero-order chi connectivity index (χ0) is 24.8. The summed E-state index contributed by atoms with van der Waals surface area (Å²) in [5.74, 6) is -0.202. The average molecular weight is 623 g/mol. The zero-order valence-corrected chi connectivity index (χ0v) is 22.4. The van der Waals surface area contributed by atoms with Crippen LogP contribution >= 0.6 is 10.1 Å². The number of hydrogen-bond donors (Lipinski definition) is 3. The van der Waals surface area contributed by atoms with Crippen molar-refractivity contribution in [1.82, 2.24) is 16.3 Å².